The van der Waals surface area contributed by atoms with E-state index in [0.717, 1.165) is 10.0 Å². The summed E-state index contributed by atoms with van der Waals surface area (Å²) in [4.78, 5) is 0. The van der Waals surface area contributed by atoms with Gasteiger partial charge in [-0.2, -0.15) is 0 Å². The third-order valence-corrected chi connectivity index (χ3v) is 2.75. The van der Waals surface area contributed by atoms with Crippen LogP contribution < -0.4 is 9.47 Å². The summed E-state index contributed by atoms with van der Waals surface area (Å²) in [5.74, 6) is 1.30. The lowest BCUT2D eigenvalue weighted by Crippen LogP contribution is -2.16. The third-order valence-electron chi connectivity index (χ3n) is 2.13. The maximum atomic E-state index is 9.89. The van der Waals surface area contributed by atoms with Gasteiger partial charge in [-0.15, -0.1) is 0 Å². The summed E-state index contributed by atoms with van der Waals surface area (Å²) in [6, 6.07) is 3.68. The van der Waals surface area contributed by atoms with Crippen LogP contribution in [0.25, 0.3) is 0 Å². The number of hydrogen-bond donors (Lipinski definition) is 1. The first-order valence-electron chi connectivity index (χ1n) is 4.31. The van der Waals surface area contributed by atoms with Crippen molar-refractivity contribution in [3.05, 3.63) is 22.2 Å². The topological polar surface area (TPSA) is 38.7 Å². The van der Waals surface area contributed by atoms with E-state index in [0.29, 0.717) is 11.5 Å². The van der Waals surface area contributed by atoms with Crippen molar-refractivity contribution in [2.45, 2.75) is 19.4 Å². The molecule has 0 radical (unpaired) electrons. The maximum Gasteiger partial charge on any atom is 0.231 e. The molecule has 1 N–H and O–H groups in total. The summed E-state index contributed by atoms with van der Waals surface area (Å²) < 4.78 is 11.5. The minimum absolute atomic E-state index is 0.209. The molecule has 1 aliphatic heterocycles. The number of benzene rings is 1. The first kappa shape index (κ1) is 9.80. The van der Waals surface area contributed by atoms with Gasteiger partial charge in [-0.05, 0) is 35.8 Å². The highest BCUT2D eigenvalue weighted by Crippen LogP contribution is 2.44. The molecule has 4 heteroatoms. The Kier molecular flexibility index (Phi) is 2.20. The molecule has 76 valence electrons. The van der Waals surface area contributed by atoms with Crippen LogP contribution in [0.1, 0.15) is 19.4 Å². The quantitative estimate of drug-likeness (QED) is 0.841. The second kappa shape index (κ2) is 3.14. The molecule has 0 aliphatic carbocycles. The van der Waals surface area contributed by atoms with Crippen molar-refractivity contribution in [2.24, 2.45) is 0 Å². The van der Waals surface area contributed by atoms with E-state index in [9.17, 15) is 5.11 Å². The van der Waals surface area contributed by atoms with Gasteiger partial charge in [-0.1, -0.05) is 6.07 Å². The lowest BCUT2D eigenvalue weighted by molar-refractivity contribution is 0.0744. The molecule has 1 aromatic rings. The molecule has 0 saturated carbocycles. The number of fused-ring (bicyclic) bond motifs is 1. The molecular weight excluding hydrogens is 248 g/mol. The molecular formula is C10H11BrO3. The average molecular weight is 259 g/mol. The first-order valence-corrected chi connectivity index (χ1v) is 5.10. The van der Waals surface area contributed by atoms with Gasteiger partial charge in [0.25, 0.3) is 0 Å². The summed E-state index contributed by atoms with van der Waals surface area (Å²) in [6.07, 6.45) is 0. The van der Waals surface area contributed by atoms with Crippen LogP contribution in [0, 0.1) is 0 Å². The lowest BCUT2D eigenvalue weighted by Gasteiger charge is -2.19. The van der Waals surface area contributed by atoms with E-state index in [1.807, 2.05) is 12.1 Å². The summed E-state index contributed by atoms with van der Waals surface area (Å²) in [7, 11) is 0. The Hall–Kier alpha value is -0.740. The predicted molar refractivity (Wildman–Crippen MR) is 55.5 cm³/mol. The predicted octanol–water partition coefficient (Wildman–Crippen LogP) is 2.41. The van der Waals surface area contributed by atoms with E-state index in [4.69, 9.17) is 9.47 Å². The number of rotatable bonds is 1. The minimum atomic E-state index is -0.918. The molecule has 3 nitrogen and oxygen atoms in total. The van der Waals surface area contributed by atoms with Crippen molar-refractivity contribution in [3.8, 4) is 11.5 Å². The van der Waals surface area contributed by atoms with Crippen LogP contribution in [0.5, 0.6) is 11.5 Å². The van der Waals surface area contributed by atoms with Gasteiger partial charge in [0, 0.05) is 5.56 Å². The maximum absolute atomic E-state index is 9.89. The Morgan fingerprint density at radius 1 is 1.29 bits per heavy atom. The lowest BCUT2D eigenvalue weighted by atomic mass is 9.97. The van der Waals surface area contributed by atoms with Gasteiger partial charge in [0.15, 0.2) is 11.5 Å². The second-order valence-electron chi connectivity index (χ2n) is 3.72. The summed E-state index contributed by atoms with van der Waals surface area (Å²) in [6.45, 7) is 3.65. The van der Waals surface area contributed by atoms with Crippen LogP contribution in [0.4, 0.5) is 0 Å². The van der Waals surface area contributed by atoms with Crippen molar-refractivity contribution in [1.29, 1.82) is 0 Å². The van der Waals surface area contributed by atoms with Gasteiger partial charge in [-0.25, -0.2) is 0 Å². The number of aliphatic hydroxyl groups is 1. The normalized spacial score (nSPS) is 14.6. The Morgan fingerprint density at radius 2 is 1.93 bits per heavy atom. The first-order chi connectivity index (χ1) is 6.50. The fourth-order valence-corrected chi connectivity index (χ4v) is 1.87. The zero-order valence-electron chi connectivity index (χ0n) is 8.00. The summed E-state index contributed by atoms with van der Waals surface area (Å²) >= 11 is 3.36. The number of hydrogen-bond acceptors (Lipinski definition) is 3. The average Bonchev–Trinajstić information content (AvgIpc) is 2.50. The number of ether oxygens (including phenoxy) is 2. The molecule has 0 fully saturated rings. The molecule has 1 heterocycles. The van der Waals surface area contributed by atoms with E-state index in [1.54, 1.807) is 13.8 Å². The van der Waals surface area contributed by atoms with Crippen molar-refractivity contribution in [2.75, 3.05) is 6.79 Å². The van der Waals surface area contributed by atoms with Crippen molar-refractivity contribution < 1.29 is 14.6 Å². The fraction of sp³-hybridized carbons (Fsp3) is 0.400. The monoisotopic (exact) mass is 258 g/mol. The number of halogens is 1. The molecule has 1 aromatic carbocycles. The molecule has 14 heavy (non-hydrogen) atoms. The Balaban J connectivity index is 2.60. The Bertz CT molecular complexity index is 368. The van der Waals surface area contributed by atoms with Crippen molar-refractivity contribution in [3.63, 3.8) is 0 Å². The smallest absolute Gasteiger partial charge is 0.231 e. The van der Waals surface area contributed by atoms with Gasteiger partial charge < -0.3 is 14.6 Å². The highest BCUT2D eigenvalue weighted by molar-refractivity contribution is 9.10. The Morgan fingerprint density at radius 3 is 2.57 bits per heavy atom. The van der Waals surface area contributed by atoms with E-state index < -0.39 is 5.60 Å². The standard InChI is InChI=1S/C10H11BrO3/c1-10(2,12)6-3-4-7(11)9-8(6)13-5-14-9/h3-4,12H,5H2,1-2H3. The molecule has 0 amide bonds. The molecule has 0 unspecified atom stereocenters. The third kappa shape index (κ3) is 1.48. The molecule has 1 aliphatic rings. The minimum Gasteiger partial charge on any atom is -0.453 e. The largest absolute Gasteiger partial charge is 0.453 e. The molecule has 0 atom stereocenters. The molecule has 2 rings (SSSR count). The van der Waals surface area contributed by atoms with Crippen molar-refractivity contribution >= 4 is 15.9 Å². The van der Waals surface area contributed by atoms with E-state index in [2.05, 4.69) is 15.9 Å². The SMILES string of the molecule is CC(C)(O)c1ccc(Br)c2c1OCO2. The van der Waals surface area contributed by atoms with E-state index >= 15 is 0 Å². The summed E-state index contributed by atoms with van der Waals surface area (Å²) in [5.41, 5.74) is -0.174. The van der Waals surface area contributed by atoms with Gasteiger partial charge >= 0.3 is 0 Å². The van der Waals surface area contributed by atoms with Crippen molar-refractivity contribution in [1.82, 2.24) is 0 Å². The van der Waals surface area contributed by atoms with E-state index in [1.165, 1.54) is 0 Å². The van der Waals surface area contributed by atoms with Gasteiger partial charge in [0.05, 0.1) is 10.1 Å². The van der Waals surface area contributed by atoms with Crippen LogP contribution >= 0.6 is 15.9 Å². The van der Waals surface area contributed by atoms with E-state index in [-0.39, 0.29) is 6.79 Å². The van der Waals surface area contributed by atoms with Gasteiger partial charge in [0.2, 0.25) is 6.79 Å². The van der Waals surface area contributed by atoms with Crippen LogP contribution in [0.3, 0.4) is 0 Å². The van der Waals surface area contributed by atoms with Gasteiger partial charge in [-0.3, -0.25) is 0 Å². The van der Waals surface area contributed by atoms with Crippen LogP contribution in [-0.2, 0) is 5.60 Å². The highest BCUT2D eigenvalue weighted by Gasteiger charge is 2.28. The zero-order valence-corrected chi connectivity index (χ0v) is 9.59. The molecule has 0 spiro atoms. The van der Waals surface area contributed by atoms with Crippen LogP contribution in [0.15, 0.2) is 16.6 Å². The molecule has 0 saturated heterocycles. The molecule has 0 aromatic heterocycles. The van der Waals surface area contributed by atoms with Gasteiger partial charge in [0.1, 0.15) is 0 Å². The zero-order chi connectivity index (χ0) is 10.3. The summed E-state index contributed by atoms with van der Waals surface area (Å²) in [5, 5.41) is 9.89. The Labute approximate surface area is 90.8 Å². The second-order valence-corrected chi connectivity index (χ2v) is 4.57. The molecule has 0 bridgehead atoms. The van der Waals surface area contributed by atoms with Crippen LogP contribution in [0.2, 0.25) is 0 Å². The van der Waals surface area contributed by atoms with Crippen LogP contribution in [-0.4, -0.2) is 11.9 Å². The highest BCUT2D eigenvalue weighted by atomic mass is 79.9. The fourth-order valence-electron chi connectivity index (χ4n) is 1.45.